The molecule has 26 heteroatoms. The highest BCUT2D eigenvalue weighted by atomic mass is 19.1. The number of aromatic nitrogens is 1. The molecule has 3 aromatic rings. The maximum atomic E-state index is 15.6. The number of carbonyl (C=O) groups excluding carboxylic acids is 10. The van der Waals surface area contributed by atoms with Crippen LogP contribution in [0, 0.1) is 30.0 Å². The van der Waals surface area contributed by atoms with Gasteiger partial charge in [0.15, 0.2) is 5.60 Å². The molecule has 6 atom stereocenters. The number of benzene rings is 2. The molecule has 4 aliphatic heterocycles. The van der Waals surface area contributed by atoms with Crippen LogP contribution in [-0.4, -0.2) is 160 Å². The summed E-state index contributed by atoms with van der Waals surface area (Å²) >= 11 is 0. The van der Waals surface area contributed by atoms with E-state index in [9.17, 15) is 57.8 Å². The molecule has 5 heterocycles. The van der Waals surface area contributed by atoms with Crippen molar-refractivity contribution in [2.75, 3.05) is 52.7 Å². The van der Waals surface area contributed by atoms with Crippen molar-refractivity contribution in [1.82, 2.24) is 52.0 Å². The minimum Gasteiger partial charge on any atom is -0.480 e. The van der Waals surface area contributed by atoms with Gasteiger partial charge in [0.1, 0.15) is 31.2 Å². The molecule has 1 saturated heterocycles. The summed E-state index contributed by atoms with van der Waals surface area (Å²) < 4.78 is 26.9. The number of carboxylic acids is 1. The van der Waals surface area contributed by atoms with E-state index >= 15 is 4.39 Å². The Labute approximate surface area is 468 Å². The molecule has 0 radical (unpaired) electrons. The van der Waals surface area contributed by atoms with Crippen molar-refractivity contribution in [3.8, 4) is 0 Å². The largest absolute Gasteiger partial charge is 0.480 e. The van der Waals surface area contributed by atoms with E-state index in [-0.39, 0.29) is 51.1 Å². The molecule has 9 amide bonds. The first-order chi connectivity index (χ1) is 39.2. The van der Waals surface area contributed by atoms with E-state index in [1.54, 1.807) is 55.2 Å². The summed E-state index contributed by atoms with van der Waals surface area (Å²) in [5, 5.41) is 39.1. The fraction of sp³-hybridized carbons (Fsp3) is 0.464. The molecule has 0 bridgehead atoms. The number of imide groups is 1. The van der Waals surface area contributed by atoms with Crippen molar-refractivity contribution < 1.29 is 76.8 Å². The van der Waals surface area contributed by atoms with Crippen LogP contribution in [0.3, 0.4) is 0 Å². The standard InChI is InChI=1S/C56H63FN10O15/c1-3-56(80)34-18-39-49-32(25-66(39)52(77)33(34)26-82-54(56)79)48-36(12-11-31-29(2)35(57)19-37(64-49)47(31)48)65-53(78)55(15-7-8-16-55)27-81-28-62-42(69)22-60-50(75)38(17-30-9-5-4-6-10-30)63-43(70)23-59-41(68)21-61-51(76)40(20-58-24-46(73)74)67-44(71)13-14-45(67)72/h4-6,9-10,13-14,18-19,33-34,36,38,40,58,80H,3,7-8,11-12,15-17,20-28H2,1-2H3,(H,59,68)(H,60,75)(H,61,76)(H,62,69)(H,63,70)(H,65,78)(H,73,74)/t33?,34?,36-,38-,40+,56-/m0/s1. The molecule has 0 spiro atoms. The highest BCUT2D eigenvalue weighted by Gasteiger charge is 2.57. The van der Waals surface area contributed by atoms with E-state index in [4.69, 9.17) is 19.6 Å². The number of amides is 9. The predicted octanol–water partition coefficient (Wildman–Crippen LogP) is -0.893. The van der Waals surface area contributed by atoms with Crippen molar-refractivity contribution in [3.63, 3.8) is 0 Å². The fourth-order valence-electron chi connectivity index (χ4n) is 11.8. The second-order valence-corrected chi connectivity index (χ2v) is 21.3. The summed E-state index contributed by atoms with van der Waals surface area (Å²) in [6, 6.07) is 6.67. The molecule has 82 heavy (non-hydrogen) atoms. The zero-order chi connectivity index (χ0) is 58.6. The van der Waals surface area contributed by atoms with Crippen molar-refractivity contribution in [2.24, 2.45) is 17.3 Å². The van der Waals surface area contributed by atoms with Gasteiger partial charge >= 0.3 is 11.9 Å². The van der Waals surface area contributed by atoms with Crippen LogP contribution in [-0.2, 0) is 81.6 Å². The van der Waals surface area contributed by atoms with Gasteiger partial charge in [-0.1, -0.05) is 56.2 Å². The average Bonchev–Trinajstić information content (AvgIpc) is 1.91. The molecule has 1 saturated carbocycles. The number of hydrogen-bond acceptors (Lipinski definition) is 16. The minimum absolute atomic E-state index is 0.00695. The van der Waals surface area contributed by atoms with Crippen molar-refractivity contribution in [1.29, 1.82) is 0 Å². The Bertz CT molecular complexity index is 3200. The lowest BCUT2D eigenvalue weighted by atomic mass is 9.72. The van der Waals surface area contributed by atoms with E-state index in [1.165, 1.54) is 6.07 Å². The molecular formula is C56H63FN10O15. The molecule has 1 aromatic heterocycles. The summed E-state index contributed by atoms with van der Waals surface area (Å²) in [5.41, 5.74) is 1.48. The lowest BCUT2D eigenvalue weighted by molar-refractivity contribution is -0.190. The molecule has 434 valence electrons. The van der Waals surface area contributed by atoms with Gasteiger partial charge in [-0.25, -0.2) is 14.2 Å². The van der Waals surface area contributed by atoms with Crippen LogP contribution in [0.1, 0.15) is 85.0 Å². The molecule has 2 fully saturated rings. The number of hydrogen-bond donors (Lipinski definition) is 9. The number of ether oxygens (including phenoxy) is 2. The number of aliphatic carboxylic acids is 1. The molecule has 2 aromatic carbocycles. The van der Waals surface area contributed by atoms with Gasteiger partial charge in [0.05, 0.1) is 73.6 Å². The van der Waals surface area contributed by atoms with Gasteiger partial charge in [0, 0.05) is 48.1 Å². The number of carbonyl (C=O) groups is 11. The molecule has 25 nitrogen and oxygen atoms in total. The normalized spacial score (nSPS) is 21.8. The highest BCUT2D eigenvalue weighted by Crippen LogP contribution is 2.50. The van der Waals surface area contributed by atoms with Gasteiger partial charge in [-0.15, -0.1) is 0 Å². The number of pyridine rings is 1. The van der Waals surface area contributed by atoms with Crippen LogP contribution in [0.5, 0.6) is 0 Å². The SMILES string of the molecule is CC[C@@]1(O)C(=O)OCC2C(=O)N3Cc4c(nc5cc(F)c(C)c6c5c4[C@@H](NC(=O)C4(COCNC(=O)CNC(=O)[C@H](Cc5ccccc5)NC(=O)CNC(=O)CNC(=O)[C@@H](CNCC(=O)O)N5C(=O)C=CC5=O)CCCC4)CC6)C3=CC21. The van der Waals surface area contributed by atoms with Crippen molar-refractivity contribution in [3.05, 3.63) is 94.0 Å². The molecule has 6 aliphatic rings. The number of fused-ring (bicyclic) bond motifs is 5. The number of aliphatic hydroxyl groups is 1. The van der Waals surface area contributed by atoms with Gasteiger partial charge in [-0.3, -0.25) is 52.8 Å². The Hall–Kier alpha value is -8.49. The van der Waals surface area contributed by atoms with Gasteiger partial charge in [-0.05, 0) is 61.3 Å². The quantitative estimate of drug-likeness (QED) is 0.0241. The average molecular weight is 1140 g/mol. The minimum atomic E-state index is -1.94. The zero-order valence-electron chi connectivity index (χ0n) is 45.0. The van der Waals surface area contributed by atoms with Crippen LogP contribution in [0.25, 0.3) is 16.6 Å². The maximum absolute atomic E-state index is 15.6. The third kappa shape index (κ3) is 11.8. The number of halogens is 1. The highest BCUT2D eigenvalue weighted by molar-refractivity contribution is 6.15. The number of nitrogens with one attached hydrogen (secondary N) is 7. The lowest BCUT2D eigenvalue weighted by Crippen LogP contribution is -2.58. The summed E-state index contributed by atoms with van der Waals surface area (Å²) in [7, 11) is 0. The van der Waals surface area contributed by atoms with Crippen molar-refractivity contribution in [2.45, 2.75) is 95.5 Å². The number of esters is 1. The molecule has 9 N–H and O–H groups in total. The van der Waals surface area contributed by atoms with Crippen LogP contribution in [0.2, 0.25) is 0 Å². The van der Waals surface area contributed by atoms with E-state index in [0.29, 0.717) is 69.6 Å². The first-order valence-electron chi connectivity index (χ1n) is 27.1. The van der Waals surface area contributed by atoms with Gasteiger partial charge in [0.25, 0.3) is 11.8 Å². The Morgan fingerprint density at radius 2 is 1.57 bits per heavy atom. The Kier molecular flexibility index (Phi) is 17.2. The van der Waals surface area contributed by atoms with Gasteiger partial charge < -0.3 is 61.8 Å². The van der Waals surface area contributed by atoms with E-state index < -0.39 is 133 Å². The maximum Gasteiger partial charge on any atom is 0.338 e. The summed E-state index contributed by atoms with van der Waals surface area (Å²) in [6.45, 7) is -0.0670. The smallest absolute Gasteiger partial charge is 0.338 e. The van der Waals surface area contributed by atoms with Crippen LogP contribution >= 0.6 is 0 Å². The van der Waals surface area contributed by atoms with Crippen molar-refractivity contribution >= 4 is 81.7 Å². The summed E-state index contributed by atoms with van der Waals surface area (Å²) in [4.78, 5) is 150. The Balaban J connectivity index is 0.792. The molecule has 2 aliphatic carbocycles. The van der Waals surface area contributed by atoms with Crippen LogP contribution in [0.4, 0.5) is 4.39 Å². The molecule has 2 unspecified atom stereocenters. The van der Waals surface area contributed by atoms with Crippen LogP contribution < -0.4 is 37.2 Å². The number of rotatable bonds is 23. The van der Waals surface area contributed by atoms with E-state index in [2.05, 4.69) is 37.2 Å². The Morgan fingerprint density at radius 1 is 0.890 bits per heavy atom. The summed E-state index contributed by atoms with van der Waals surface area (Å²) in [6.07, 6.45) is 6.83. The summed E-state index contributed by atoms with van der Waals surface area (Å²) in [5.74, 6) is -10.5. The second kappa shape index (κ2) is 24.3. The van der Waals surface area contributed by atoms with Crippen LogP contribution in [0.15, 0.2) is 54.6 Å². The predicted molar refractivity (Wildman–Crippen MR) is 284 cm³/mol. The van der Waals surface area contributed by atoms with Gasteiger partial charge in [0.2, 0.25) is 41.4 Å². The van der Waals surface area contributed by atoms with Gasteiger partial charge in [-0.2, -0.15) is 0 Å². The number of cyclic esters (lactones) is 1. The second-order valence-electron chi connectivity index (χ2n) is 21.3. The number of nitrogens with zero attached hydrogens (tertiary/aromatic N) is 3. The number of aryl methyl sites for hydroxylation is 1. The monoisotopic (exact) mass is 1130 g/mol. The topological polar surface area (TPSA) is 350 Å². The number of carboxylic acid groups (broad SMARTS) is 1. The zero-order valence-corrected chi connectivity index (χ0v) is 45.0. The molecule has 9 rings (SSSR count). The fourth-order valence-corrected chi connectivity index (χ4v) is 11.8. The molecular weight excluding hydrogens is 1070 g/mol. The van der Waals surface area contributed by atoms with E-state index in [1.807, 2.05) is 0 Å². The third-order valence-electron chi connectivity index (χ3n) is 16.2. The third-order valence-corrected chi connectivity index (χ3v) is 16.2. The Morgan fingerprint density at radius 3 is 2.27 bits per heavy atom. The first kappa shape index (κ1) is 58.2. The van der Waals surface area contributed by atoms with E-state index in [0.717, 1.165) is 36.1 Å². The first-order valence-corrected chi connectivity index (χ1v) is 27.1. The lowest BCUT2D eigenvalue weighted by Gasteiger charge is -2.44.